The molecule has 2 bridgehead atoms. The molecule has 8 heteroatoms. The Balaban J connectivity index is 1.07. The molecule has 4 aliphatic rings. The predicted octanol–water partition coefficient (Wildman–Crippen LogP) is 7.02. The zero-order valence-electron chi connectivity index (χ0n) is 23.6. The average molecular weight is 612 g/mol. The Labute approximate surface area is 259 Å². The summed E-state index contributed by atoms with van der Waals surface area (Å²) in [6.07, 6.45) is -0.0672. The second-order valence-electron chi connectivity index (χ2n) is 11.5. The minimum Gasteiger partial charge on any atom is -0.457 e. The molecule has 4 aromatic carbocycles. The molecule has 216 valence electrons. The number of benzene rings is 4. The molecule has 0 unspecified atom stereocenters. The lowest BCUT2D eigenvalue weighted by Gasteiger charge is -2.54. The van der Waals surface area contributed by atoms with Gasteiger partial charge in [0, 0.05) is 18.7 Å². The van der Waals surface area contributed by atoms with E-state index in [0.717, 1.165) is 33.6 Å². The summed E-state index contributed by atoms with van der Waals surface area (Å²) in [7, 11) is 0. The van der Waals surface area contributed by atoms with Gasteiger partial charge in [0.25, 0.3) is 0 Å². The van der Waals surface area contributed by atoms with Crippen molar-refractivity contribution < 1.29 is 19.1 Å². The molecule has 1 saturated heterocycles. The van der Waals surface area contributed by atoms with Crippen molar-refractivity contribution in [3.05, 3.63) is 124 Å². The first-order valence-corrected chi connectivity index (χ1v) is 15.0. The fraction of sp³-hybridized carbons (Fsp3) is 0.229. The van der Waals surface area contributed by atoms with Gasteiger partial charge in [0.2, 0.25) is 17.7 Å². The average Bonchev–Trinajstić information content (AvgIpc) is 3.27. The van der Waals surface area contributed by atoms with Gasteiger partial charge in [0.05, 0.1) is 11.8 Å². The minimum atomic E-state index is -1.24. The predicted molar refractivity (Wildman–Crippen MR) is 166 cm³/mol. The first kappa shape index (κ1) is 27.7. The van der Waals surface area contributed by atoms with Gasteiger partial charge in [0.1, 0.15) is 21.2 Å². The Kier molecular flexibility index (Phi) is 6.42. The van der Waals surface area contributed by atoms with E-state index in [1.807, 2.05) is 80.6 Å². The van der Waals surface area contributed by atoms with E-state index in [-0.39, 0.29) is 18.9 Å². The second-order valence-corrected chi connectivity index (χ2v) is 12.7. The van der Waals surface area contributed by atoms with E-state index in [9.17, 15) is 14.4 Å². The number of ether oxygens (including phenoxy) is 1. The molecular formula is C35H28Cl2N2O4. The molecule has 6 nitrogen and oxygen atoms in total. The zero-order valence-corrected chi connectivity index (χ0v) is 25.1. The highest BCUT2D eigenvalue weighted by molar-refractivity contribution is 6.36. The van der Waals surface area contributed by atoms with Crippen LogP contribution in [0.4, 0.5) is 5.69 Å². The van der Waals surface area contributed by atoms with Crippen molar-refractivity contribution in [1.29, 1.82) is 0 Å². The smallest absolute Gasteiger partial charge is 0.235 e. The zero-order chi connectivity index (χ0) is 30.1. The lowest BCUT2D eigenvalue weighted by atomic mass is 9.54. The third-order valence-corrected chi connectivity index (χ3v) is 10.4. The van der Waals surface area contributed by atoms with Crippen LogP contribution < -0.4 is 10.1 Å². The van der Waals surface area contributed by atoms with Crippen molar-refractivity contribution in [3.8, 4) is 11.5 Å². The highest BCUT2D eigenvalue weighted by Crippen LogP contribution is 2.69. The first-order valence-electron chi connectivity index (χ1n) is 14.2. The van der Waals surface area contributed by atoms with E-state index < -0.39 is 33.4 Å². The highest BCUT2D eigenvalue weighted by Gasteiger charge is 2.72. The Bertz CT molecular complexity index is 1700. The third-order valence-electron chi connectivity index (χ3n) is 9.09. The number of nitrogens with one attached hydrogen (secondary N) is 1. The molecule has 0 aromatic heterocycles. The number of imide groups is 1. The number of halogens is 2. The molecule has 0 radical (unpaired) electrons. The van der Waals surface area contributed by atoms with Gasteiger partial charge in [0.15, 0.2) is 0 Å². The van der Waals surface area contributed by atoms with E-state index >= 15 is 0 Å². The van der Waals surface area contributed by atoms with Crippen LogP contribution in [-0.4, -0.2) is 29.2 Å². The molecule has 1 fully saturated rings. The van der Waals surface area contributed by atoms with Gasteiger partial charge < -0.3 is 10.1 Å². The van der Waals surface area contributed by atoms with Crippen LogP contribution in [-0.2, 0) is 24.1 Å². The number of alkyl halides is 2. The van der Waals surface area contributed by atoms with Crippen molar-refractivity contribution >= 4 is 46.6 Å². The molecule has 1 N–H and O–H groups in total. The Morgan fingerprint density at radius 2 is 1.23 bits per heavy atom. The number of carbonyl (C=O) groups is 3. The lowest BCUT2D eigenvalue weighted by Crippen LogP contribution is -2.57. The molecule has 1 heterocycles. The molecule has 4 aromatic rings. The molecule has 3 aliphatic carbocycles. The van der Waals surface area contributed by atoms with Crippen molar-refractivity contribution in [2.24, 2.45) is 11.8 Å². The summed E-state index contributed by atoms with van der Waals surface area (Å²) < 4.78 is 5.93. The Morgan fingerprint density at radius 3 is 1.72 bits per heavy atom. The topological polar surface area (TPSA) is 75.7 Å². The summed E-state index contributed by atoms with van der Waals surface area (Å²) in [5, 5.41) is 2.84. The molecule has 1 aliphatic heterocycles. The minimum absolute atomic E-state index is 0.0672. The third kappa shape index (κ3) is 4.04. The molecule has 2 atom stereocenters. The highest BCUT2D eigenvalue weighted by atomic mass is 35.5. The van der Waals surface area contributed by atoms with Crippen molar-refractivity contribution in [3.63, 3.8) is 0 Å². The number of aryl methyl sites for hydroxylation is 2. The fourth-order valence-electron chi connectivity index (χ4n) is 6.90. The van der Waals surface area contributed by atoms with Gasteiger partial charge in [-0.05, 0) is 83.6 Å². The molecule has 43 heavy (non-hydrogen) atoms. The van der Waals surface area contributed by atoms with Crippen molar-refractivity contribution in [2.75, 3.05) is 11.9 Å². The van der Waals surface area contributed by atoms with Crippen LogP contribution in [0.15, 0.2) is 91.0 Å². The quantitative estimate of drug-likeness (QED) is 0.188. The molecule has 8 rings (SSSR count). The first-order chi connectivity index (χ1) is 20.6. The molecule has 3 amide bonds. The summed E-state index contributed by atoms with van der Waals surface area (Å²) in [5.74, 6) is -1.52. The van der Waals surface area contributed by atoms with Crippen molar-refractivity contribution in [2.45, 2.75) is 30.0 Å². The van der Waals surface area contributed by atoms with Crippen LogP contribution >= 0.6 is 23.2 Å². The summed E-state index contributed by atoms with van der Waals surface area (Å²) in [6, 6.07) is 27.9. The van der Waals surface area contributed by atoms with Gasteiger partial charge in [-0.1, -0.05) is 54.6 Å². The number of amides is 3. The Morgan fingerprint density at radius 1 is 0.744 bits per heavy atom. The number of likely N-dealkylation sites (tertiary alicyclic amines) is 1. The molecule has 0 saturated carbocycles. The summed E-state index contributed by atoms with van der Waals surface area (Å²) in [6.45, 7) is 4.00. The van der Waals surface area contributed by atoms with Crippen LogP contribution in [0, 0.1) is 25.7 Å². The Hall–Kier alpha value is -4.13. The van der Waals surface area contributed by atoms with E-state index in [2.05, 4.69) is 5.32 Å². The number of anilines is 1. The summed E-state index contributed by atoms with van der Waals surface area (Å²) in [4.78, 5) is 39.5. The van der Waals surface area contributed by atoms with E-state index in [4.69, 9.17) is 27.9 Å². The summed E-state index contributed by atoms with van der Waals surface area (Å²) in [5.41, 5.74) is 5.89. The van der Waals surface area contributed by atoms with Crippen LogP contribution in [0.3, 0.4) is 0 Å². The lowest BCUT2D eigenvalue weighted by molar-refractivity contribution is -0.140. The molecule has 0 spiro atoms. The van der Waals surface area contributed by atoms with Crippen LogP contribution in [0.1, 0.15) is 39.8 Å². The van der Waals surface area contributed by atoms with Gasteiger partial charge >= 0.3 is 0 Å². The van der Waals surface area contributed by atoms with Gasteiger partial charge in [-0.3, -0.25) is 19.3 Å². The normalized spacial score (nSPS) is 24.8. The maximum absolute atomic E-state index is 13.9. The van der Waals surface area contributed by atoms with E-state index in [1.54, 1.807) is 24.3 Å². The maximum Gasteiger partial charge on any atom is 0.235 e. The fourth-order valence-corrected chi connectivity index (χ4v) is 8.00. The van der Waals surface area contributed by atoms with Crippen molar-refractivity contribution in [1.82, 2.24) is 4.90 Å². The SMILES string of the molecule is Cc1ccc(Oc2ccc(NC(=O)CCN3C(=O)[C@@H]4[C@@H](C3=O)C3(Cl)c5ccccc5C4(Cl)c4ccccc43)cc2)cc1C. The maximum atomic E-state index is 13.9. The standard InChI is InChI=1S/C35H28Cl2N2O4/c1-20-11-14-24(19-21(20)2)43-23-15-12-22(13-16-23)38-29(40)17-18-39-32(41)30-31(33(39)42)35(37)26-8-4-3-7-25(26)34(30,36)27-9-5-6-10-28(27)35/h3-16,19,30-31H,17-18H2,1-2H3,(H,38,40)/t30-,31-,34?,35?/m0/s1. The number of carbonyl (C=O) groups excluding carboxylic acids is 3. The van der Waals surface area contributed by atoms with Crippen LogP contribution in [0.25, 0.3) is 0 Å². The molecular weight excluding hydrogens is 583 g/mol. The van der Waals surface area contributed by atoms with Gasteiger partial charge in [-0.2, -0.15) is 0 Å². The van der Waals surface area contributed by atoms with Gasteiger partial charge in [-0.15, -0.1) is 23.2 Å². The summed E-state index contributed by atoms with van der Waals surface area (Å²) >= 11 is 14.9. The number of hydrogen-bond donors (Lipinski definition) is 1. The number of rotatable bonds is 6. The number of nitrogens with zero attached hydrogens (tertiary/aromatic N) is 1. The number of hydrogen-bond acceptors (Lipinski definition) is 4. The monoisotopic (exact) mass is 610 g/mol. The largest absolute Gasteiger partial charge is 0.457 e. The van der Waals surface area contributed by atoms with Crippen LogP contribution in [0.5, 0.6) is 11.5 Å². The van der Waals surface area contributed by atoms with E-state index in [0.29, 0.717) is 11.4 Å². The van der Waals surface area contributed by atoms with E-state index in [1.165, 1.54) is 10.5 Å². The van der Waals surface area contributed by atoms with Gasteiger partial charge in [-0.25, -0.2) is 0 Å². The second kappa shape index (κ2) is 9.97. The van der Waals surface area contributed by atoms with Crippen LogP contribution in [0.2, 0.25) is 0 Å².